The number of benzene rings is 2. The average Bonchev–Trinajstić information content (AvgIpc) is 2.39. The maximum Gasteiger partial charge on any atom is 0.137 e. The van der Waals surface area contributed by atoms with Gasteiger partial charge >= 0.3 is 0 Å². The summed E-state index contributed by atoms with van der Waals surface area (Å²) in [5.74, 6) is 0.621. The van der Waals surface area contributed by atoms with Crippen LogP contribution in [0.15, 0.2) is 42.5 Å². The molecule has 2 aromatic rings. The molecule has 0 aliphatic carbocycles. The molecule has 0 saturated carbocycles. The van der Waals surface area contributed by atoms with E-state index in [1.165, 1.54) is 0 Å². The fourth-order valence-corrected chi connectivity index (χ4v) is 1.92. The van der Waals surface area contributed by atoms with Gasteiger partial charge in [-0.25, -0.2) is 0 Å². The van der Waals surface area contributed by atoms with Crippen LogP contribution in [-0.4, -0.2) is 6.10 Å². The lowest BCUT2D eigenvalue weighted by molar-refractivity contribution is 0.242. The fraction of sp³-hybridized carbons (Fsp3) is 0.188. The van der Waals surface area contributed by atoms with Crippen LogP contribution in [0, 0.1) is 11.3 Å². The minimum atomic E-state index is 0.0495. The average molecular weight is 272 g/mol. The zero-order chi connectivity index (χ0) is 13.8. The van der Waals surface area contributed by atoms with Crippen LogP contribution in [0.1, 0.15) is 19.4 Å². The molecule has 0 atom stereocenters. The minimum absolute atomic E-state index is 0.0495. The van der Waals surface area contributed by atoms with Crippen molar-refractivity contribution >= 4 is 11.6 Å². The maximum atomic E-state index is 9.20. The van der Waals surface area contributed by atoms with Gasteiger partial charge in [-0.15, -0.1) is 0 Å². The predicted molar refractivity (Wildman–Crippen MR) is 77.4 cm³/mol. The minimum Gasteiger partial charge on any atom is -0.490 e. The maximum absolute atomic E-state index is 9.20. The van der Waals surface area contributed by atoms with E-state index in [2.05, 4.69) is 6.07 Å². The Morgan fingerprint density at radius 1 is 1.05 bits per heavy atom. The highest BCUT2D eigenvalue weighted by molar-refractivity contribution is 6.30. The summed E-state index contributed by atoms with van der Waals surface area (Å²) in [7, 11) is 0. The SMILES string of the molecule is CC(C)Oc1ccc(-c2ccc(Cl)cc2)cc1C#N. The van der Waals surface area contributed by atoms with Gasteiger partial charge in [0.2, 0.25) is 0 Å². The highest BCUT2D eigenvalue weighted by atomic mass is 35.5. The summed E-state index contributed by atoms with van der Waals surface area (Å²) in [6.45, 7) is 3.88. The Labute approximate surface area is 118 Å². The lowest BCUT2D eigenvalue weighted by atomic mass is 10.0. The third-order valence-corrected chi connectivity index (χ3v) is 2.89. The molecule has 2 nitrogen and oxygen atoms in total. The van der Waals surface area contributed by atoms with E-state index in [9.17, 15) is 5.26 Å². The molecule has 0 radical (unpaired) electrons. The van der Waals surface area contributed by atoms with E-state index >= 15 is 0 Å². The van der Waals surface area contributed by atoms with Gasteiger partial charge in [0.25, 0.3) is 0 Å². The summed E-state index contributed by atoms with van der Waals surface area (Å²) < 4.78 is 5.60. The molecule has 0 spiro atoms. The number of nitriles is 1. The highest BCUT2D eigenvalue weighted by Gasteiger charge is 2.07. The van der Waals surface area contributed by atoms with Crippen molar-refractivity contribution in [2.24, 2.45) is 0 Å². The van der Waals surface area contributed by atoms with Crippen LogP contribution in [0.25, 0.3) is 11.1 Å². The van der Waals surface area contributed by atoms with Crippen molar-refractivity contribution in [2.75, 3.05) is 0 Å². The number of rotatable bonds is 3. The first-order valence-corrected chi connectivity index (χ1v) is 6.44. The molecule has 3 heteroatoms. The zero-order valence-electron chi connectivity index (χ0n) is 10.9. The third kappa shape index (κ3) is 3.27. The highest BCUT2D eigenvalue weighted by Crippen LogP contribution is 2.27. The lowest BCUT2D eigenvalue weighted by Gasteiger charge is -2.12. The van der Waals surface area contributed by atoms with Crippen molar-refractivity contribution in [1.82, 2.24) is 0 Å². The predicted octanol–water partition coefficient (Wildman–Crippen LogP) is 4.67. The number of nitrogens with zero attached hydrogens (tertiary/aromatic N) is 1. The first kappa shape index (κ1) is 13.5. The van der Waals surface area contributed by atoms with E-state index < -0.39 is 0 Å². The number of hydrogen-bond acceptors (Lipinski definition) is 2. The Kier molecular flexibility index (Phi) is 4.09. The van der Waals surface area contributed by atoms with Gasteiger partial charge in [0.1, 0.15) is 11.8 Å². The van der Waals surface area contributed by atoms with E-state index in [1.54, 1.807) is 0 Å². The van der Waals surface area contributed by atoms with Gasteiger partial charge in [0.15, 0.2) is 0 Å². The zero-order valence-corrected chi connectivity index (χ0v) is 11.6. The number of halogens is 1. The van der Waals surface area contributed by atoms with Crippen molar-refractivity contribution in [3.8, 4) is 22.9 Å². The third-order valence-electron chi connectivity index (χ3n) is 2.64. The molecule has 0 amide bonds. The first-order chi connectivity index (χ1) is 9.10. The van der Waals surface area contributed by atoms with E-state index in [-0.39, 0.29) is 6.10 Å². The van der Waals surface area contributed by atoms with E-state index in [0.29, 0.717) is 16.3 Å². The second-order valence-electron chi connectivity index (χ2n) is 4.50. The van der Waals surface area contributed by atoms with Gasteiger partial charge in [-0.3, -0.25) is 0 Å². The molecule has 0 unspecified atom stereocenters. The molecule has 0 heterocycles. The second-order valence-corrected chi connectivity index (χ2v) is 4.93. The molecule has 0 saturated heterocycles. The van der Waals surface area contributed by atoms with Crippen LogP contribution < -0.4 is 4.74 Å². The molecule has 2 rings (SSSR count). The Bertz CT molecular complexity index is 612. The van der Waals surface area contributed by atoms with Crippen molar-refractivity contribution in [2.45, 2.75) is 20.0 Å². The Morgan fingerprint density at radius 2 is 1.68 bits per heavy atom. The smallest absolute Gasteiger partial charge is 0.137 e. The summed E-state index contributed by atoms with van der Waals surface area (Å²) >= 11 is 5.87. The van der Waals surface area contributed by atoms with Gasteiger partial charge in [-0.05, 0) is 49.2 Å². The molecule has 0 aliphatic rings. The quantitative estimate of drug-likeness (QED) is 0.813. The van der Waals surface area contributed by atoms with Crippen LogP contribution in [0.3, 0.4) is 0 Å². The van der Waals surface area contributed by atoms with Crippen molar-refractivity contribution < 1.29 is 4.74 Å². The molecule has 0 aromatic heterocycles. The summed E-state index contributed by atoms with van der Waals surface area (Å²) in [5, 5.41) is 9.89. The second kappa shape index (κ2) is 5.77. The monoisotopic (exact) mass is 271 g/mol. The molecule has 2 aromatic carbocycles. The van der Waals surface area contributed by atoms with Crippen LogP contribution in [0.5, 0.6) is 5.75 Å². The number of ether oxygens (including phenoxy) is 1. The van der Waals surface area contributed by atoms with Gasteiger partial charge < -0.3 is 4.74 Å². The van der Waals surface area contributed by atoms with E-state index in [4.69, 9.17) is 16.3 Å². The van der Waals surface area contributed by atoms with Gasteiger partial charge in [0.05, 0.1) is 11.7 Å². The van der Waals surface area contributed by atoms with E-state index in [0.717, 1.165) is 11.1 Å². The normalized spacial score (nSPS) is 10.3. The standard InChI is InChI=1S/C16H14ClNO/c1-11(2)19-16-8-5-13(9-14(16)10-18)12-3-6-15(17)7-4-12/h3-9,11H,1-2H3. The lowest BCUT2D eigenvalue weighted by Crippen LogP contribution is -2.06. The Hall–Kier alpha value is -1.98. The molecule has 0 aliphatic heterocycles. The fourth-order valence-electron chi connectivity index (χ4n) is 1.80. The van der Waals surface area contributed by atoms with Crippen molar-refractivity contribution in [3.63, 3.8) is 0 Å². The number of hydrogen-bond donors (Lipinski definition) is 0. The topological polar surface area (TPSA) is 33.0 Å². The van der Waals surface area contributed by atoms with Crippen molar-refractivity contribution in [3.05, 3.63) is 53.1 Å². The molecule has 19 heavy (non-hydrogen) atoms. The van der Waals surface area contributed by atoms with Crippen molar-refractivity contribution in [1.29, 1.82) is 5.26 Å². The van der Waals surface area contributed by atoms with Gasteiger partial charge in [0, 0.05) is 5.02 Å². The summed E-state index contributed by atoms with van der Waals surface area (Å²) in [4.78, 5) is 0. The van der Waals surface area contributed by atoms with Crippen LogP contribution >= 0.6 is 11.6 Å². The summed E-state index contributed by atoms with van der Waals surface area (Å²) in [6.07, 6.45) is 0.0495. The van der Waals surface area contributed by atoms with E-state index in [1.807, 2.05) is 56.3 Å². The molecular weight excluding hydrogens is 258 g/mol. The molecule has 0 bridgehead atoms. The van der Waals surface area contributed by atoms with Crippen LogP contribution in [0.4, 0.5) is 0 Å². The summed E-state index contributed by atoms with van der Waals surface area (Å²) in [6, 6.07) is 15.3. The Morgan fingerprint density at radius 3 is 2.26 bits per heavy atom. The first-order valence-electron chi connectivity index (χ1n) is 6.07. The molecule has 0 fully saturated rings. The van der Waals surface area contributed by atoms with Crippen LogP contribution in [-0.2, 0) is 0 Å². The summed E-state index contributed by atoms with van der Waals surface area (Å²) in [5.41, 5.74) is 2.54. The largest absolute Gasteiger partial charge is 0.490 e. The molecular formula is C16H14ClNO. The van der Waals surface area contributed by atoms with Gasteiger partial charge in [-0.1, -0.05) is 29.8 Å². The molecule has 0 N–H and O–H groups in total. The molecule has 96 valence electrons. The Balaban J connectivity index is 2.39. The van der Waals surface area contributed by atoms with Crippen LogP contribution in [0.2, 0.25) is 5.02 Å². The van der Waals surface area contributed by atoms with Gasteiger partial charge in [-0.2, -0.15) is 5.26 Å².